The Bertz CT molecular complexity index is 417. The lowest BCUT2D eigenvalue weighted by Gasteiger charge is -2.35. The fourth-order valence-electron chi connectivity index (χ4n) is 2.87. The molecule has 1 aromatic carbocycles. The lowest BCUT2D eigenvalue weighted by atomic mass is 9.90. The SMILES string of the molecule is CCN(Cc1cc(Br)ccc1O)C1CCC(N)CC1. The Balaban J connectivity index is 2.04. The van der Waals surface area contributed by atoms with Crippen molar-refractivity contribution in [3.05, 3.63) is 28.2 Å². The van der Waals surface area contributed by atoms with Crippen LogP contribution in [0.25, 0.3) is 0 Å². The molecule has 1 saturated carbocycles. The molecule has 4 heteroatoms. The fourth-order valence-corrected chi connectivity index (χ4v) is 3.27. The summed E-state index contributed by atoms with van der Waals surface area (Å²) in [5.41, 5.74) is 6.96. The van der Waals surface area contributed by atoms with Crippen molar-refractivity contribution >= 4 is 15.9 Å². The minimum absolute atomic E-state index is 0.383. The van der Waals surface area contributed by atoms with Crippen molar-refractivity contribution in [3.8, 4) is 5.75 Å². The summed E-state index contributed by atoms with van der Waals surface area (Å²) >= 11 is 3.47. The molecule has 2 rings (SSSR count). The van der Waals surface area contributed by atoms with E-state index >= 15 is 0 Å². The highest BCUT2D eigenvalue weighted by Crippen LogP contribution is 2.27. The van der Waals surface area contributed by atoms with Crippen LogP contribution >= 0.6 is 15.9 Å². The van der Waals surface area contributed by atoms with Crippen molar-refractivity contribution in [2.45, 2.75) is 51.2 Å². The molecule has 0 atom stereocenters. The van der Waals surface area contributed by atoms with Gasteiger partial charge < -0.3 is 10.8 Å². The minimum Gasteiger partial charge on any atom is -0.508 e. The highest BCUT2D eigenvalue weighted by molar-refractivity contribution is 9.10. The normalized spacial score (nSPS) is 23.8. The molecule has 1 aliphatic carbocycles. The number of aromatic hydroxyl groups is 1. The second-order valence-electron chi connectivity index (χ2n) is 5.40. The highest BCUT2D eigenvalue weighted by Gasteiger charge is 2.23. The summed E-state index contributed by atoms with van der Waals surface area (Å²) in [6.45, 7) is 4.00. The van der Waals surface area contributed by atoms with Crippen LogP contribution in [0.4, 0.5) is 0 Å². The number of nitrogens with zero attached hydrogens (tertiary/aromatic N) is 1. The third-order valence-electron chi connectivity index (χ3n) is 4.08. The lowest BCUT2D eigenvalue weighted by molar-refractivity contribution is 0.148. The van der Waals surface area contributed by atoms with E-state index in [4.69, 9.17) is 5.73 Å². The van der Waals surface area contributed by atoms with Gasteiger partial charge in [-0.2, -0.15) is 0 Å². The van der Waals surface area contributed by atoms with Crippen LogP contribution in [0.15, 0.2) is 22.7 Å². The Morgan fingerprint density at radius 2 is 2.00 bits per heavy atom. The summed E-state index contributed by atoms with van der Waals surface area (Å²) in [5, 5.41) is 9.95. The number of benzene rings is 1. The molecule has 1 fully saturated rings. The first kappa shape index (κ1) is 14.8. The number of hydrogen-bond acceptors (Lipinski definition) is 3. The van der Waals surface area contributed by atoms with Crippen LogP contribution < -0.4 is 5.73 Å². The van der Waals surface area contributed by atoms with Crippen LogP contribution in [0.5, 0.6) is 5.75 Å². The molecule has 0 heterocycles. The Kier molecular flexibility index (Phi) is 5.25. The van der Waals surface area contributed by atoms with Gasteiger partial charge in [-0.15, -0.1) is 0 Å². The predicted molar refractivity (Wildman–Crippen MR) is 82.1 cm³/mol. The van der Waals surface area contributed by atoms with E-state index in [1.54, 1.807) is 6.07 Å². The van der Waals surface area contributed by atoms with Crippen LogP contribution in [-0.2, 0) is 6.54 Å². The molecule has 0 aliphatic heterocycles. The van der Waals surface area contributed by atoms with Gasteiger partial charge in [0.1, 0.15) is 5.75 Å². The van der Waals surface area contributed by atoms with Crippen LogP contribution in [0, 0.1) is 0 Å². The molecule has 19 heavy (non-hydrogen) atoms. The molecule has 0 aromatic heterocycles. The fraction of sp³-hybridized carbons (Fsp3) is 0.600. The van der Waals surface area contributed by atoms with Crippen molar-refractivity contribution in [1.29, 1.82) is 0 Å². The number of rotatable bonds is 4. The van der Waals surface area contributed by atoms with E-state index in [1.165, 1.54) is 12.8 Å². The minimum atomic E-state index is 0.383. The molecule has 3 nitrogen and oxygen atoms in total. The van der Waals surface area contributed by atoms with Gasteiger partial charge >= 0.3 is 0 Å². The van der Waals surface area contributed by atoms with E-state index in [-0.39, 0.29) is 0 Å². The summed E-state index contributed by atoms with van der Waals surface area (Å²) < 4.78 is 1.02. The Labute approximate surface area is 123 Å². The monoisotopic (exact) mass is 326 g/mol. The molecule has 3 N–H and O–H groups in total. The number of phenols is 1. The van der Waals surface area contributed by atoms with Gasteiger partial charge in [0.25, 0.3) is 0 Å². The second kappa shape index (κ2) is 6.73. The zero-order valence-electron chi connectivity index (χ0n) is 11.5. The van der Waals surface area contributed by atoms with E-state index in [9.17, 15) is 5.11 Å². The van der Waals surface area contributed by atoms with Gasteiger partial charge in [0.2, 0.25) is 0 Å². The summed E-state index contributed by atoms with van der Waals surface area (Å²) in [7, 11) is 0. The molecule has 0 amide bonds. The molecule has 0 saturated heterocycles. The average Bonchev–Trinajstić information content (AvgIpc) is 2.41. The second-order valence-corrected chi connectivity index (χ2v) is 6.32. The van der Waals surface area contributed by atoms with Gasteiger partial charge in [0, 0.05) is 28.7 Å². The van der Waals surface area contributed by atoms with Crippen molar-refractivity contribution in [2.24, 2.45) is 5.73 Å². The zero-order valence-corrected chi connectivity index (χ0v) is 13.1. The largest absolute Gasteiger partial charge is 0.508 e. The van der Waals surface area contributed by atoms with E-state index < -0.39 is 0 Å². The van der Waals surface area contributed by atoms with Crippen LogP contribution in [0.1, 0.15) is 38.2 Å². The highest BCUT2D eigenvalue weighted by atomic mass is 79.9. The Morgan fingerprint density at radius 3 is 2.63 bits per heavy atom. The molecular formula is C15H23BrN2O. The van der Waals surface area contributed by atoms with Gasteiger partial charge in [0.05, 0.1) is 0 Å². The number of nitrogens with two attached hydrogens (primary N) is 1. The first-order chi connectivity index (χ1) is 9.10. The van der Waals surface area contributed by atoms with Crippen LogP contribution in [-0.4, -0.2) is 28.6 Å². The third-order valence-corrected chi connectivity index (χ3v) is 4.57. The maximum atomic E-state index is 9.95. The third kappa shape index (κ3) is 3.94. The standard InChI is InChI=1S/C15H23BrN2O/c1-2-18(14-6-4-13(17)5-7-14)10-11-9-12(16)3-8-15(11)19/h3,8-9,13-14,19H,2,4-7,10,17H2,1H3. The van der Waals surface area contributed by atoms with Gasteiger partial charge in [-0.3, -0.25) is 4.90 Å². The topological polar surface area (TPSA) is 49.5 Å². The average molecular weight is 327 g/mol. The Morgan fingerprint density at radius 1 is 1.32 bits per heavy atom. The summed E-state index contributed by atoms with van der Waals surface area (Å²) in [6.07, 6.45) is 4.57. The number of phenolic OH excluding ortho intramolecular Hbond substituents is 1. The van der Waals surface area contributed by atoms with E-state index in [0.29, 0.717) is 17.8 Å². The molecule has 1 aliphatic rings. The molecule has 106 valence electrons. The molecule has 1 aromatic rings. The van der Waals surface area contributed by atoms with Gasteiger partial charge in [-0.05, 0) is 50.4 Å². The van der Waals surface area contributed by atoms with Gasteiger partial charge in [0.15, 0.2) is 0 Å². The molecule has 0 radical (unpaired) electrons. The number of halogens is 1. The first-order valence-electron chi connectivity index (χ1n) is 7.07. The number of hydrogen-bond donors (Lipinski definition) is 2. The maximum absolute atomic E-state index is 9.95. The van der Waals surface area contributed by atoms with Crippen LogP contribution in [0.2, 0.25) is 0 Å². The smallest absolute Gasteiger partial charge is 0.120 e. The Hall–Kier alpha value is -0.580. The van der Waals surface area contributed by atoms with E-state index in [1.807, 2.05) is 12.1 Å². The summed E-state index contributed by atoms with van der Waals surface area (Å²) in [5.74, 6) is 0.383. The molecule has 0 unspecified atom stereocenters. The van der Waals surface area contributed by atoms with E-state index in [2.05, 4.69) is 27.8 Å². The van der Waals surface area contributed by atoms with E-state index in [0.717, 1.165) is 36.0 Å². The van der Waals surface area contributed by atoms with Gasteiger partial charge in [-0.25, -0.2) is 0 Å². The quantitative estimate of drug-likeness (QED) is 0.892. The maximum Gasteiger partial charge on any atom is 0.120 e. The summed E-state index contributed by atoms with van der Waals surface area (Å²) in [4.78, 5) is 2.45. The van der Waals surface area contributed by atoms with Crippen LogP contribution in [0.3, 0.4) is 0 Å². The lowest BCUT2D eigenvalue weighted by Crippen LogP contribution is -2.40. The van der Waals surface area contributed by atoms with Crippen molar-refractivity contribution in [1.82, 2.24) is 4.90 Å². The predicted octanol–water partition coefficient (Wildman–Crippen LogP) is 3.25. The molecule has 0 bridgehead atoms. The van der Waals surface area contributed by atoms with Crippen molar-refractivity contribution in [3.63, 3.8) is 0 Å². The van der Waals surface area contributed by atoms with Crippen molar-refractivity contribution in [2.75, 3.05) is 6.54 Å². The molecular weight excluding hydrogens is 304 g/mol. The molecule has 0 spiro atoms. The van der Waals surface area contributed by atoms with Gasteiger partial charge in [-0.1, -0.05) is 22.9 Å². The first-order valence-corrected chi connectivity index (χ1v) is 7.86. The zero-order chi connectivity index (χ0) is 13.8. The van der Waals surface area contributed by atoms with Crippen molar-refractivity contribution < 1.29 is 5.11 Å². The summed E-state index contributed by atoms with van der Waals surface area (Å²) in [6, 6.07) is 6.61.